The maximum atomic E-state index is 9.28. The van der Waals surface area contributed by atoms with Gasteiger partial charge in [0.25, 0.3) is 0 Å². The van der Waals surface area contributed by atoms with E-state index >= 15 is 0 Å². The van der Waals surface area contributed by atoms with Crippen LogP contribution < -0.4 is 0 Å². The van der Waals surface area contributed by atoms with Crippen molar-refractivity contribution in [3.8, 4) is 0 Å². The number of hydrogen-bond donors (Lipinski definition) is 1. The molecule has 1 rings (SSSR count). The van der Waals surface area contributed by atoms with Gasteiger partial charge in [-0.05, 0) is 12.8 Å². The summed E-state index contributed by atoms with van der Waals surface area (Å²) in [6, 6.07) is 0. The fourth-order valence-corrected chi connectivity index (χ4v) is 1.77. The molecule has 0 amide bonds. The van der Waals surface area contributed by atoms with Crippen LogP contribution in [0.3, 0.4) is 0 Å². The van der Waals surface area contributed by atoms with Crippen molar-refractivity contribution < 1.29 is 14.6 Å². The van der Waals surface area contributed by atoms with Gasteiger partial charge in [0.2, 0.25) is 0 Å². The van der Waals surface area contributed by atoms with Gasteiger partial charge >= 0.3 is 0 Å². The third kappa shape index (κ3) is 1.87. The lowest BCUT2D eigenvalue weighted by Gasteiger charge is -2.46. The Morgan fingerprint density at radius 2 is 1.85 bits per heavy atom. The maximum Gasteiger partial charge on any atom is 0.175 e. The highest BCUT2D eigenvalue weighted by atomic mass is 16.7. The molecule has 0 aromatic heterocycles. The van der Waals surface area contributed by atoms with Gasteiger partial charge in [-0.3, -0.25) is 0 Å². The highest BCUT2D eigenvalue weighted by molar-refractivity contribution is 4.87. The van der Waals surface area contributed by atoms with Gasteiger partial charge in [-0.25, -0.2) is 0 Å². The Kier molecular flexibility index (Phi) is 3.33. The lowest BCUT2D eigenvalue weighted by Crippen LogP contribution is -2.53. The second-order valence-electron chi connectivity index (χ2n) is 4.20. The van der Waals surface area contributed by atoms with Crippen molar-refractivity contribution >= 4 is 0 Å². The van der Waals surface area contributed by atoms with E-state index in [0.29, 0.717) is 0 Å². The van der Waals surface area contributed by atoms with Crippen LogP contribution in [-0.2, 0) is 9.47 Å². The van der Waals surface area contributed by atoms with E-state index in [1.54, 1.807) is 0 Å². The van der Waals surface area contributed by atoms with Crippen molar-refractivity contribution in [2.75, 3.05) is 19.8 Å². The summed E-state index contributed by atoms with van der Waals surface area (Å²) in [6.07, 6.45) is 1.73. The van der Waals surface area contributed by atoms with Gasteiger partial charge in [0.05, 0.1) is 19.8 Å². The van der Waals surface area contributed by atoms with E-state index in [9.17, 15) is 5.11 Å². The van der Waals surface area contributed by atoms with E-state index in [1.165, 1.54) is 0 Å². The summed E-state index contributed by atoms with van der Waals surface area (Å²) >= 11 is 0. The van der Waals surface area contributed by atoms with Crippen LogP contribution in [0, 0.1) is 5.41 Å². The molecular weight excluding hydrogens is 168 g/mol. The Balaban J connectivity index is 2.78. The molecule has 0 atom stereocenters. The predicted molar refractivity (Wildman–Crippen MR) is 50.4 cm³/mol. The first-order valence-electron chi connectivity index (χ1n) is 4.97. The molecule has 0 aromatic rings. The number of rotatable bonds is 3. The Morgan fingerprint density at radius 3 is 2.23 bits per heavy atom. The molecule has 1 saturated heterocycles. The number of aliphatic hydroxyl groups is 1. The zero-order valence-electron chi connectivity index (χ0n) is 8.80. The van der Waals surface area contributed by atoms with Crippen molar-refractivity contribution in [3.05, 3.63) is 0 Å². The van der Waals surface area contributed by atoms with Gasteiger partial charge in [-0.1, -0.05) is 20.8 Å². The molecule has 13 heavy (non-hydrogen) atoms. The Hall–Kier alpha value is -0.120. The van der Waals surface area contributed by atoms with Crippen LogP contribution in [0.1, 0.15) is 33.6 Å². The first-order chi connectivity index (χ1) is 6.08. The fourth-order valence-electron chi connectivity index (χ4n) is 1.77. The molecule has 0 saturated carbocycles. The molecule has 3 heteroatoms. The van der Waals surface area contributed by atoms with E-state index in [0.717, 1.165) is 26.1 Å². The van der Waals surface area contributed by atoms with E-state index in [-0.39, 0.29) is 12.0 Å². The quantitative estimate of drug-likeness (QED) is 0.730. The molecule has 0 aliphatic carbocycles. The summed E-state index contributed by atoms with van der Waals surface area (Å²) in [4.78, 5) is 0. The molecule has 78 valence electrons. The summed E-state index contributed by atoms with van der Waals surface area (Å²) < 4.78 is 11.4. The molecule has 0 bridgehead atoms. The third-order valence-corrected chi connectivity index (χ3v) is 2.85. The molecule has 1 fully saturated rings. The fraction of sp³-hybridized carbons (Fsp3) is 1.00. The van der Waals surface area contributed by atoms with E-state index in [2.05, 4.69) is 0 Å². The summed E-state index contributed by atoms with van der Waals surface area (Å²) in [5.41, 5.74) is -0.331. The van der Waals surface area contributed by atoms with Crippen molar-refractivity contribution in [1.82, 2.24) is 0 Å². The van der Waals surface area contributed by atoms with Crippen LogP contribution in [-0.4, -0.2) is 30.7 Å². The van der Waals surface area contributed by atoms with Gasteiger partial charge < -0.3 is 14.6 Å². The molecule has 1 heterocycles. The van der Waals surface area contributed by atoms with Crippen molar-refractivity contribution in [2.45, 2.75) is 39.4 Å². The van der Waals surface area contributed by atoms with Crippen LogP contribution in [0.25, 0.3) is 0 Å². The number of ether oxygens (including phenoxy) is 2. The van der Waals surface area contributed by atoms with Gasteiger partial charge in [0.1, 0.15) is 0 Å². The molecule has 0 unspecified atom stereocenters. The van der Waals surface area contributed by atoms with Crippen molar-refractivity contribution in [2.24, 2.45) is 5.41 Å². The number of aliphatic hydroxyl groups excluding tert-OH is 1. The molecule has 1 N–H and O–H groups in total. The second-order valence-corrected chi connectivity index (χ2v) is 4.20. The van der Waals surface area contributed by atoms with Gasteiger partial charge in [0, 0.05) is 5.41 Å². The molecule has 0 aromatic carbocycles. The van der Waals surface area contributed by atoms with Gasteiger partial charge in [-0.2, -0.15) is 0 Å². The second kappa shape index (κ2) is 3.95. The number of hydrogen-bond acceptors (Lipinski definition) is 3. The smallest absolute Gasteiger partial charge is 0.175 e. The summed E-state index contributed by atoms with van der Waals surface area (Å²) in [5.74, 6) is -0.583. The lowest BCUT2D eigenvalue weighted by molar-refractivity contribution is -0.323. The van der Waals surface area contributed by atoms with E-state index < -0.39 is 5.79 Å². The summed E-state index contributed by atoms with van der Waals surface area (Å²) in [6.45, 7) is 7.53. The zero-order chi connectivity index (χ0) is 9.95. The minimum absolute atomic E-state index is 0.0842. The molecule has 0 spiro atoms. The minimum atomic E-state index is -0.583. The summed E-state index contributed by atoms with van der Waals surface area (Å²) in [5, 5.41) is 9.28. The van der Waals surface area contributed by atoms with E-state index in [4.69, 9.17) is 9.47 Å². The average Bonchev–Trinajstić information content (AvgIpc) is 2.18. The Morgan fingerprint density at radius 1 is 1.31 bits per heavy atom. The Labute approximate surface area is 80.0 Å². The maximum absolute atomic E-state index is 9.28. The van der Waals surface area contributed by atoms with Crippen LogP contribution >= 0.6 is 0 Å². The van der Waals surface area contributed by atoms with Crippen molar-refractivity contribution in [3.63, 3.8) is 0 Å². The standard InChI is InChI=1S/C10H20O3/c1-4-10(9(2,3)8-11)12-6-5-7-13-10/h11H,4-8H2,1-3H3. The van der Waals surface area contributed by atoms with Crippen molar-refractivity contribution in [1.29, 1.82) is 0 Å². The topological polar surface area (TPSA) is 38.7 Å². The normalized spacial score (nSPS) is 23.1. The SMILES string of the molecule is CCC1(C(C)(C)CO)OCCCO1. The van der Waals surface area contributed by atoms with Gasteiger partial charge in [-0.15, -0.1) is 0 Å². The van der Waals surface area contributed by atoms with Crippen LogP contribution in [0.5, 0.6) is 0 Å². The third-order valence-electron chi connectivity index (χ3n) is 2.85. The first kappa shape index (κ1) is 11.0. The largest absolute Gasteiger partial charge is 0.396 e. The highest BCUT2D eigenvalue weighted by Gasteiger charge is 2.47. The zero-order valence-corrected chi connectivity index (χ0v) is 8.80. The average molecular weight is 188 g/mol. The molecule has 3 nitrogen and oxygen atoms in total. The van der Waals surface area contributed by atoms with Crippen LogP contribution in [0.4, 0.5) is 0 Å². The highest BCUT2D eigenvalue weighted by Crippen LogP contribution is 2.39. The summed E-state index contributed by atoms with van der Waals surface area (Å²) in [7, 11) is 0. The van der Waals surface area contributed by atoms with E-state index in [1.807, 2.05) is 20.8 Å². The first-order valence-corrected chi connectivity index (χ1v) is 4.97. The van der Waals surface area contributed by atoms with Crippen LogP contribution in [0.15, 0.2) is 0 Å². The molecule has 1 aliphatic heterocycles. The predicted octanol–water partition coefficient (Wildman–Crippen LogP) is 1.55. The molecule has 0 radical (unpaired) electrons. The minimum Gasteiger partial charge on any atom is -0.396 e. The Bertz CT molecular complexity index is 160. The van der Waals surface area contributed by atoms with Gasteiger partial charge in [0.15, 0.2) is 5.79 Å². The lowest BCUT2D eigenvalue weighted by atomic mass is 9.81. The molecule has 1 aliphatic rings. The molecular formula is C10H20O3. The van der Waals surface area contributed by atoms with Crippen LogP contribution in [0.2, 0.25) is 0 Å². The monoisotopic (exact) mass is 188 g/mol.